The van der Waals surface area contributed by atoms with Gasteiger partial charge in [-0.3, -0.25) is 9.79 Å². The number of hydrogen-bond acceptors (Lipinski definition) is 6. The van der Waals surface area contributed by atoms with E-state index in [1.807, 2.05) is 31.2 Å². The molecule has 0 saturated carbocycles. The van der Waals surface area contributed by atoms with Crippen molar-refractivity contribution in [3.05, 3.63) is 56.9 Å². The smallest absolute Gasteiger partial charge is 0.351 e. The Hall–Kier alpha value is -2.89. The fourth-order valence-electron chi connectivity index (χ4n) is 2.13. The number of Topliss-reactive ketones (excluding diaryl/α,β-unsaturated/α-hetero) is 1. The summed E-state index contributed by atoms with van der Waals surface area (Å²) < 4.78 is 4.61. The molecule has 0 aliphatic carbocycles. The molecule has 0 spiro atoms. The van der Waals surface area contributed by atoms with Crippen LogP contribution in [-0.4, -0.2) is 21.7 Å². The van der Waals surface area contributed by atoms with Crippen molar-refractivity contribution in [1.82, 2.24) is 0 Å². The lowest BCUT2D eigenvalue weighted by atomic mass is 10.1. The summed E-state index contributed by atoms with van der Waals surface area (Å²) in [5.41, 5.74) is 0.681. The maximum Gasteiger partial charge on any atom is 0.351 e. The van der Waals surface area contributed by atoms with Crippen molar-refractivity contribution in [2.24, 2.45) is 4.99 Å². The summed E-state index contributed by atoms with van der Waals surface area (Å²) in [6, 6.07) is 7.71. The summed E-state index contributed by atoms with van der Waals surface area (Å²) in [5.74, 6) is -2.12. The molecule has 0 unspecified atom stereocenters. The highest BCUT2D eigenvalue weighted by molar-refractivity contribution is 6.06. The normalized spacial score (nSPS) is 11.5. The van der Waals surface area contributed by atoms with Crippen molar-refractivity contribution >= 4 is 11.5 Å². The number of carbonyl (C=O) groups is 1. The third-order valence-electron chi connectivity index (χ3n) is 3.41. The maximum absolute atomic E-state index is 11.9. The SMILES string of the molecule is CC(=O)c1c(O)oc(=O)c(C(C)=NCc2ccc(C)cc2)c1O. The third-order valence-corrected chi connectivity index (χ3v) is 3.41. The molecule has 0 aliphatic heterocycles. The highest BCUT2D eigenvalue weighted by Gasteiger charge is 2.23. The van der Waals surface area contributed by atoms with E-state index in [0.717, 1.165) is 18.1 Å². The van der Waals surface area contributed by atoms with Crippen LogP contribution in [0, 0.1) is 6.92 Å². The number of carbonyl (C=O) groups excluding carboxylic acids is 1. The van der Waals surface area contributed by atoms with Crippen molar-refractivity contribution in [3.8, 4) is 11.7 Å². The molecule has 6 nitrogen and oxygen atoms in total. The van der Waals surface area contributed by atoms with E-state index < -0.39 is 28.7 Å². The first-order chi connectivity index (χ1) is 10.8. The molecule has 1 heterocycles. The predicted octanol–water partition coefficient (Wildman–Crippen LogP) is 2.57. The number of aryl methyl sites for hydroxylation is 1. The lowest BCUT2D eigenvalue weighted by Crippen LogP contribution is -2.15. The second kappa shape index (κ2) is 6.48. The van der Waals surface area contributed by atoms with Gasteiger partial charge >= 0.3 is 5.63 Å². The second-order valence-corrected chi connectivity index (χ2v) is 5.24. The van der Waals surface area contributed by atoms with Crippen LogP contribution in [0.2, 0.25) is 0 Å². The quantitative estimate of drug-likeness (QED) is 0.667. The maximum atomic E-state index is 11.9. The summed E-state index contributed by atoms with van der Waals surface area (Å²) in [5, 5.41) is 19.6. The van der Waals surface area contributed by atoms with Gasteiger partial charge in [0.1, 0.15) is 16.9 Å². The average molecular weight is 315 g/mol. The molecule has 0 atom stereocenters. The van der Waals surface area contributed by atoms with Crippen LogP contribution in [0.1, 0.15) is 40.9 Å². The first-order valence-corrected chi connectivity index (χ1v) is 6.98. The molecule has 0 amide bonds. The molecule has 0 radical (unpaired) electrons. The van der Waals surface area contributed by atoms with E-state index in [2.05, 4.69) is 9.41 Å². The van der Waals surface area contributed by atoms with Gasteiger partial charge < -0.3 is 14.6 Å². The summed E-state index contributed by atoms with van der Waals surface area (Å²) in [6.45, 7) is 4.96. The molecule has 1 aromatic carbocycles. The molecule has 2 N–H and O–H groups in total. The average Bonchev–Trinajstić information content (AvgIpc) is 2.45. The molecule has 0 aliphatic rings. The Balaban J connectivity index is 2.42. The molecule has 6 heteroatoms. The van der Waals surface area contributed by atoms with Crippen LogP contribution in [0.15, 0.2) is 38.5 Å². The van der Waals surface area contributed by atoms with Crippen LogP contribution in [0.4, 0.5) is 0 Å². The summed E-state index contributed by atoms with van der Waals surface area (Å²) in [4.78, 5) is 27.6. The Bertz CT molecular complexity index is 831. The van der Waals surface area contributed by atoms with Crippen LogP contribution < -0.4 is 5.63 Å². The van der Waals surface area contributed by atoms with Gasteiger partial charge in [0.05, 0.1) is 12.3 Å². The van der Waals surface area contributed by atoms with Gasteiger partial charge in [0.15, 0.2) is 5.78 Å². The standard InChI is InChI=1S/C17H17NO5/c1-9-4-6-12(7-5-9)8-18-10(2)13-15(20)14(11(3)19)17(22)23-16(13)21/h4-7,20,22H,8H2,1-3H3. The summed E-state index contributed by atoms with van der Waals surface area (Å²) in [6.07, 6.45) is 0. The van der Waals surface area contributed by atoms with Gasteiger partial charge in [-0.15, -0.1) is 0 Å². The van der Waals surface area contributed by atoms with Crippen molar-refractivity contribution in [3.63, 3.8) is 0 Å². The van der Waals surface area contributed by atoms with Crippen molar-refractivity contribution in [1.29, 1.82) is 0 Å². The van der Waals surface area contributed by atoms with E-state index in [1.165, 1.54) is 6.92 Å². The van der Waals surface area contributed by atoms with E-state index in [4.69, 9.17) is 0 Å². The third kappa shape index (κ3) is 3.48. The number of aromatic hydroxyl groups is 2. The van der Waals surface area contributed by atoms with E-state index >= 15 is 0 Å². The molecule has 0 saturated heterocycles. The van der Waals surface area contributed by atoms with Gasteiger partial charge in [-0.25, -0.2) is 4.79 Å². The summed E-state index contributed by atoms with van der Waals surface area (Å²) >= 11 is 0. The molecular formula is C17H17NO5. The number of aliphatic imine (C=N–C) groups is 1. The number of ketones is 1. The minimum atomic E-state index is -0.949. The van der Waals surface area contributed by atoms with E-state index in [0.29, 0.717) is 6.54 Å². The van der Waals surface area contributed by atoms with E-state index in [9.17, 15) is 19.8 Å². The number of hydrogen-bond donors (Lipinski definition) is 2. The lowest BCUT2D eigenvalue weighted by molar-refractivity contribution is 0.100. The number of nitrogens with zero attached hydrogens (tertiary/aromatic N) is 1. The fraction of sp³-hybridized carbons (Fsp3) is 0.235. The van der Waals surface area contributed by atoms with Crippen LogP contribution in [0.3, 0.4) is 0 Å². The van der Waals surface area contributed by atoms with E-state index in [1.54, 1.807) is 0 Å². The Labute approximate surface area is 132 Å². The first kappa shape index (κ1) is 16.5. The highest BCUT2D eigenvalue weighted by atomic mass is 16.5. The van der Waals surface area contributed by atoms with Crippen molar-refractivity contribution in [2.45, 2.75) is 27.3 Å². The van der Waals surface area contributed by atoms with Gasteiger partial charge in [0.25, 0.3) is 5.95 Å². The minimum Gasteiger partial charge on any atom is -0.506 e. The van der Waals surface area contributed by atoms with Crippen LogP contribution in [0.5, 0.6) is 11.7 Å². The monoisotopic (exact) mass is 315 g/mol. The molecule has 2 aromatic rings. The summed E-state index contributed by atoms with van der Waals surface area (Å²) in [7, 11) is 0. The van der Waals surface area contributed by atoms with Crippen LogP contribution in [-0.2, 0) is 6.54 Å². The van der Waals surface area contributed by atoms with Crippen LogP contribution in [0.25, 0.3) is 0 Å². The topological polar surface area (TPSA) is 100 Å². The van der Waals surface area contributed by atoms with E-state index in [-0.39, 0.29) is 11.3 Å². The fourth-order valence-corrected chi connectivity index (χ4v) is 2.13. The zero-order chi connectivity index (χ0) is 17.1. The molecule has 1 aromatic heterocycles. The van der Waals surface area contributed by atoms with Crippen LogP contribution >= 0.6 is 0 Å². The largest absolute Gasteiger partial charge is 0.506 e. The van der Waals surface area contributed by atoms with Crippen molar-refractivity contribution < 1.29 is 19.4 Å². The molecule has 0 bridgehead atoms. The number of rotatable bonds is 4. The molecule has 23 heavy (non-hydrogen) atoms. The molecule has 0 fully saturated rings. The van der Waals surface area contributed by atoms with Gasteiger partial charge in [-0.2, -0.15) is 0 Å². The zero-order valence-corrected chi connectivity index (χ0v) is 13.1. The Morgan fingerprint density at radius 3 is 2.30 bits per heavy atom. The second-order valence-electron chi connectivity index (χ2n) is 5.24. The Morgan fingerprint density at radius 2 is 1.74 bits per heavy atom. The lowest BCUT2D eigenvalue weighted by Gasteiger charge is -2.07. The van der Waals surface area contributed by atoms with Gasteiger partial charge in [-0.05, 0) is 26.3 Å². The molecular weight excluding hydrogens is 298 g/mol. The Kier molecular flexibility index (Phi) is 4.64. The van der Waals surface area contributed by atoms with Crippen molar-refractivity contribution in [2.75, 3.05) is 0 Å². The predicted molar refractivity (Wildman–Crippen MR) is 85.4 cm³/mol. The first-order valence-electron chi connectivity index (χ1n) is 6.98. The highest BCUT2D eigenvalue weighted by Crippen LogP contribution is 2.28. The molecule has 120 valence electrons. The zero-order valence-electron chi connectivity index (χ0n) is 13.1. The minimum absolute atomic E-state index is 0.222. The van der Waals surface area contributed by atoms with Gasteiger partial charge in [-0.1, -0.05) is 29.8 Å². The van der Waals surface area contributed by atoms with Gasteiger partial charge in [0.2, 0.25) is 0 Å². The molecule has 2 rings (SSSR count). The Morgan fingerprint density at radius 1 is 1.13 bits per heavy atom. The number of benzene rings is 1. The van der Waals surface area contributed by atoms with Gasteiger partial charge in [0, 0.05) is 0 Å².